The van der Waals surface area contributed by atoms with Crippen molar-refractivity contribution in [1.29, 1.82) is 0 Å². The van der Waals surface area contributed by atoms with E-state index in [0.29, 0.717) is 5.95 Å². The Labute approximate surface area is 72.6 Å². The molecule has 0 aromatic carbocycles. The second-order valence-corrected chi connectivity index (χ2v) is 2.82. The van der Waals surface area contributed by atoms with Crippen molar-refractivity contribution in [3.63, 3.8) is 0 Å². The molecule has 0 fully saturated rings. The molecule has 0 aliphatic heterocycles. The summed E-state index contributed by atoms with van der Waals surface area (Å²) in [6.45, 7) is 6.10. The Kier molecular flexibility index (Phi) is 2.80. The van der Waals surface area contributed by atoms with Crippen LogP contribution in [0.4, 0.5) is 5.95 Å². The van der Waals surface area contributed by atoms with E-state index in [1.165, 1.54) is 5.57 Å². The Balaban J connectivity index is 2.72. The van der Waals surface area contributed by atoms with Crippen molar-refractivity contribution in [2.24, 2.45) is 0 Å². The van der Waals surface area contributed by atoms with Gasteiger partial charge in [-0.25, -0.2) is 9.97 Å². The Bertz CT molecular complexity index is 273. The Morgan fingerprint density at radius 3 is 2.25 bits per heavy atom. The molecule has 0 amide bonds. The van der Waals surface area contributed by atoms with Crippen molar-refractivity contribution < 1.29 is 0 Å². The molecule has 12 heavy (non-hydrogen) atoms. The maximum atomic E-state index is 4.04. The Morgan fingerprint density at radius 2 is 1.75 bits per heavy atom. The highest BCUT2D eigenvalue weighted by Gasteiger charge is 1.94. The number of anilines is 1. The van der Waals surface area contributed by atoms with Gasteiger partial charge in [-0.3, -0.25) is 0 Å². The lowest BCUT2D eigenvalue weighted by atomic mass is 10.3. The van der Waals surface area contributed by atoms with Gasteiger partial charge in [0.05, 0.1) is 0 Å². The second kappa shape index (κ2) is 3.85. The third kappa shape index (κ3) is 2.34. The molecule has 3 nitrogen and oxygen atoms in total. The van der Waals surface area contributed by atoms with E-state index in [0.717, 1.165) is 5.70 Å². The van der Waals surface area contributed by atoms with Gasteiger partial charge in [-0.1, -0.05) is 5.57 Å². The van der Waals surface area contributed by atoms with Crippen LogP contribution in [0.2, 0.25) is 0 Å². The molecule has 0 unspecified atom stereocenters. The van der Waals surface area contributed by atoms with Crippen LogP contribution in [0.25, 0.3) is 0 Å². The molecule has 0 saturated heterocycles. The van der Waals surface area contributed by atoms with Crippen molar-refractivity contribution in [3.05, 3.63) is 29.7 Å². The van der Waals surface area contributed by atoms with Gasteiger partial charge in [0.25, 0.3) is 0 Å². The molecule has 1 rings (SSSR count). The fraction of sp³-hybridized carbons (Fsp3) is 0.333. The van der Waals surface area contributed by atoms with Gasteiger partial charge in [0.1, 0.15) is 0 Å². The number of rotatable bonds is 2. The fourth-order valence-electron chi connectivity index (χ4n) is 0.656. The molecule has 64 valence electrons. The van der Waals surface area contributed by atoms with E-state index < -0.39 is 0 Å². The smallest absolute Gasteiger partial charge is 0.226 e. The van der Waals surface area contributed by atoms with Crippen molar-refractivity contribution in [2.45, 2.75) is 20.8 Å². The van der Waals surface area contributed by atoms with Gasteiger partial charge in [0, 0.05) is 18.1 Å². The van der Waals surface area contributed by atoms with Crippen LogP contribution in [-0.4, -0.2) is 9.97 Å². The summed E-state index contributed by atoms with van der Waals surface area (Å²) in [7, 11) is 0. The first-order valence-electron chi connectivity index (χ1n) is 3.88. The zero-order chi connectivity index (χ0) is 8.97. The topological polar surface area (TPSA) is 37.8 Å². The minimum absolute atomic E-state index is 0.649. The molecule has 0 aliphatic rings. The van der Waals surface area contributed by atoms with Crippen molar-refractivity contribution in [2.75, 3.05) is 5.32 Å². The number of nitrogens with zero attached hydrogens (tertiary/aromatic N) is 2. The van der Waals surface area contributed by atoms with E-state index >= 15 is 0 Å². The quantitative estimate of drug-likeness (QED) is 0.726. The predicted octanol–water partition coefficient (Wildman–Crippen LogP) is 2.20. The number of aromatic nitrogens is 2. The minimum atomic E-state index is 0.649. The van der Waals surface area contributed by atoms with E-state index in [2.05, 4.69) is 15.3 Å². The summed E-state index contributed by atoms with van der Waals surface area (Å²) in [4.78, 5) is 8.09. The van der Waals surface area contributed by atoms with E-state index in [4.69, 9.17) is 0 Å². The molecule has 0 atom stereocenters. The van der Waals surface area contributed by atoms with Gasteiger partial charge in [-0.2, -0.15) is 0 Å². The number of hydrogen-bond acceptors (Lipinski definition) is 3. The third-order valence-corrected chi connectivity index (χ3v) is 1.62. The summed E-state index contributed by atoms with van der Waals surface area (Å²) in [5.41, 5.74) is 2.34. The van der Waals surface area contributed by atoms with Gasteiger partial charge < -0.3 is 5.32 Å². The van der Waals surface area contributed by atoms with E-state index in [9.17, 15) is 0 Å². The average Bonchev–Trinajstić information content (AvgIpc) is 2.06. The minimum Gasteiger partial charge on any atom is -0.328 e. The van der Waals surface area contributed by atoms with E-state index in [1.54, 1.807) is 18.5 Å². The fourth-order valence-corrected chi connectivity index (χ4v) is 0.656. The molecule has 1 N–H and O–H groups in total. The summed E-state index contributed by atoms with van der Waals surface area (Å²) in [6.07, 6.45) is 3.43. The van der Waals surface area contributed by atoms with Gasteiger partial charge in [-0.05, 0) is 26.8 Å². The molecule has 1 aromatic heterocycles. The van der Waals surface area contributed by atoms with E-state index in [1.807, 2.05) is 20.8 Å². The lowest BCUT2D eigenvalue weighted by Gasteiger charge is -2.05. The van der Waals surface area contributed by atoms with Gasteiger partial charge in [0.15, 0.2) is 0 Å². The number of nitrogens with one attached hydrogen (secondary N) is 1. The van der Waals surface area contributed by atoms with Gasteiger partial charge >= 0.3 is 0 Å². The summed E-state index contributed by atoms with van der Waals surface area (Å²) >= 11 is 0. The average molecular weight is 163 g/mol. The number of allylic oxidation sites excluding steroid dienone is 2. The summed E-state index contributed by atoms with van der Waals surface area (Å²) in [6, 6.07) is 1.79. The SMILES string of the molecule is CC(C)=C(C)Nc1ncccn1. The first-order chi connectivity index (χ1) is 5.70. The standard InChI is InChI=1S/C9H13N3/c1-7(2)8(3)12-9-10-5-4-6-11-9/h4-6H,1-3H3,(H,10,11,12). The van der Waals surface area contributed by atoms with Crippen LogP contribution >= 0.6 is 0 Å². The Morgan fingerprint density at radius 1 is 1.17 bits per heavy atom. The van der Waals surface area contributed by atoms with Crippen LogP contribution in [-0.2, 0) is 0 Å². The molecule has 0 radical (unpaired) electrons. The maximum Gasteiger partial charge on any atom is 0.226 e. The lowest BCUT2D eigenvalue weighted by Crippen LogP contribution is -2.01. The van der Waals surface area contributed by atoms with Gasteiger partial charge in [-0.15, -0.1) is 0 Å². The van der Waals surface area contributed by atoms with Crippen LogP contribution in [0, 0.1) is 0 Å². The monoisotopic (exact) mass is 163 g/mol. The van der Waals surface area contributed by atoms with Crippen LogP contribution in [0.15, 0.2) is 29.7 Å². The van der Waals surface area contributed by atoms with Crippen LogP contribution < -0.4 is 5.32 Å². The number of hydrogen-bond donors (Lipinski definition) is 1. The molecule has 1 aromatic rings. The molecule has 0 spiro atoms. The predicted molar refractivity (Wildman–Crippen MR) is 49.7 cm³/mol. The maximum absolute atomic E-state index is 4.04. The van der Waals surface area contributed by atoms with Crippen molar-refractivity contribution in [3.8, 4) is 0 Å². The largest absolute Gasteiger partial charge is 0.328 e. The molecule has 3 heteroatoms. The first kappa shape index (κ1) is 8.71. The highest BCUT2D eigenvalue weighted by Crippen LogP contribution is 2.04. The van der Waals surface area contributed by atoms with Crippen molar-refractivity contribution >= 4 is 5.95 Å². The summed E-state index contributed by atoms with van der Waals surface area (Å²) < 4.78 is 0. The Hall–Kier alpha value is -1.38. The zero-order valence-corrected chi connectivity index (χ0v) is 7.63. The van der Waals surface area contributed by atoms with Crippen LogP contribution in [0.1, 0.15) is 20.8 Å². The molecular weight excluding hydrogens is 150 g/mol. The second-order valence-electron chi connectivity index (χ2n) is 2.82. The highest BCUT2D eigenvalue weighted by atomic mass is 15.1. The van der Waals surface area contributed by atoms with Crippen LogP contribution in [0.5, 0.6) is 0 Å². The molecule has 0 saturated carbocycles. The zero-order valence-electron chi connectivity index (χ0n) is 7.63. The first-order valence-corrected chi connectivity index (χ1v) is 3.88. The summed E-state index contributed by atoms with van der Waals surface area (Å²) in [5.74, 6) is 0.649. The molecule has 1 heterocycles. The molecule has 0 aliphatic carbocycles. The molecule has 0 bridgehead atoms. The summed E-state index contributed by atoms with van der Waals surface area (Å²) in [5, 5.41) is 3.10. The van der Waals surface area contributed by atoms with Crippen LogP contribution in [0.3, 0.4) is 0 Å². The van der Waals surface area contributed by atoms with Gasteiger partial charge in [0.2, 0.25) is 5.95 Å². The van der Waals surface area contributed by atoms with E-state index in [-0.39, 0.29) is 0 Å². The molecular formula is C9H13N3. The normalized spacial score (nSPS) is 9.25. The lowest BCUT2D eigenvalue weighted by molar-refractivity contribution is 1.12. The highest BCUT2D eigenvalue weighted by molar-refractivity contribution is 5.33. The van der Waals surface area contributed by atoms with Crippen molar-refractivity contribution in [1.82, 2.24) is 9.97 Å². The third-order valence-electron chi connectivity index (χ3n) is 1.62.